The first-order chi connectivity index (χ1) is 12.8. The van der Waals surface area contributed by atoms with E-state index in [1.165, 1.54) is 6.92 Å². The van der Waals surface area contributed by atoms with Gasteiger partial charge in [-0.2, -0.15) is 0 Å². The van der Waals surface area contributed by atoms with E-state index >= 15 is 0 Å². The van der Waals surface area contributed by atoms with Gasteiger partial charge in [0.25, 0.3) is 0 Å². The third-order valence-corrected chi connectivity index (χ3v) is 4.49. The lowest BCUT2D eigenvalue weighted by molar-refractivity contribution is -0.114. The van der Waals surface area contributed by atoms with Gasteiger partial charge in [0, 0.05) is 41.9 Å². The van der Waals surface area contributed by atoms with E-state index in [2.05, 4.69) is 24.1 Å². The van der Waals surface area contributed by atoms with Crippen molar-refractivity contribution in [1.82, 2.24) is 4.98 Å². The summed E-state index contributed by atoms with van der Waals surface area (Å²) in [5.41, 5.74) is 9.60. The summed E-state index contributed by atoms with van der Waals surface area (Å²) in [5.74, 6) is 1.88. The van der Waals surface area contributed by atoms with Gasteiger partial charge in [-0.3, -0.25) is 9.78 Å². The number of amides is 1. The van der Waals surface area contributed by atoms with Gasteiger partial charge in [-0.25, -0.2) is 0 Å². The van der Waals surface area contributed by atoms with Crippen LogP contribution >= 0.6 is 0 Å². The van der Waals surface area contributed by atoms with Gasteiger partial charge in [0.1, 0.15) is 24.2 Å². The number of nitrogens with zero attached hydrogens (tertiary/aromatic N) is 1. The molecule has 0 saturated heterocycles. The molecular formula is C21H27N3O3. The fourth-order valence-corrected chi connectivity index (χ4v) is 3.45. The molecule has 0 aliphatic carbocycles. The molecule has 1 aromatic heterocycles. The average molecular weight is 369 g/mol. The van der Waals surface area contributed by atoms with E-state index in [1.807, 2.05) is 25.1 Å². The molecule has 1 aliphatic rings. The lowest BCUT2D eigenvalue weighted by Gasteiger charge is -2.28. The molecule has 6 heteroatoms. The Kier molecular flexibility index (Phi) is 5.65. The van der Waals surface area contributed by atoms with Gasteiger partial charge in [-0.1, -0.05) is 13.8 Å². The number of hydrogen-bond acceptors (Lipinski definition) is 5. The second-order valence-electron chi connectivity index (χ2n) is 7.45. The van der Waals surface area contributed by atoms with Gasteiger partial charge in [-0.05, 0) is 31.4 Å². The number of carbonyl (C=O) groups excluding carboxylic acids is 1. The van der Waals surface area contributed by atoms with Crippen molar-refractivity contribution in [3.8, 4) is 22.6 Å². The largest absolute Gasteiger partial charge is 0.492 e. The number of fused-ring (bicyclic) bond motifs is 3. The molecule has 0 saturated carbocycles. The summed E-state index contributed by atoms with van der Waals surface area (Å²) in [6.07, 6.45) is 4.16. The highest BCUT2D eigenvalue weighted by molar-refractivity contribution is 5.92. The summed E-state index contributed by atoms with van der Waals surface area (Å²) in [6.45, 7) is 8.20. The van der Waals surface area contributed by atoms with E-state index < -0.39 is 0 Å². The molecule has 0 bridgehead atoms. The van der Waals surface area contributed by atoms with Crippen LogP contribution < -0.4 is 20.5 Å². The number of rotatable bonds is 6. The second-order valence-corrected chi connectivity index (χ2v) is 7.45. The Morgan fingerprint density at radius 2 is 2.11 bits per heavy atom. The molecule has 27 heavy (non-hydrogen) atoms. The third-order valence-electron chi connectivity index (χ3n) is 4.49. The number of nitrogens with two attached hydrogens (primary N) is 1. The zero-order chi connectivity index (χ0) is 19.6. The summed E-state index contributed by atoms with van der Waals surface area (Å²) < 4.78 is 12.0. The smallest absolute Gasteiger partial charge is 0.221 e. The molecule has 6 nitrogen and oxygen atoms in total. The van der Waals surface area contributed by atoms with Crippen molar-refractivity contribution in [3.63, 3.8) is 0 Å². The molecule has 144 valence electrons. The first-order valence-electron chi connectivity index (χ1n) is 9.30. The van der Waals surface area contributed by atoms with E-state index in [9.17, 15) is 4.79 Å². The van der Waals surface area contributed by atoms with Gasteiger partial charge in [0.2, 0.25) is 5.91 Å². The van der Waals surface area contributed by atoms with Crippen LogP contribution in [0.1, 0.15) is 45.8 Å². The maximum atomic E-state index is 11.5. The van der Waals surface area contributed by atoms with E-state index in [0.717, 1.165) is 34.6 Å². The number of ether oxygens (including phenoxy) is 2. The van der Waals surface area contributed by atoms with E-state index in [-0.39, 0.29) is 18.1 Å². The Labute approximate surface area is 160 Å². The number of carbonyl (C=O) groups is 1. The molecule has 3 N–H and O–H groups in total. The van der Waals surface area contributed by atoms with Crippen molar-refractivity contribution in [2.24, 2.45) is 11.7 Å². The summed E-state index contributed by atoms with van der Waals surface area (Å²) in [6, 6.07) is 5.77. The molecule has 1 aliphatic heterocycles. The minimum atomic E-state index is -0.212. The second kappa shape index (κ2) is 7.96. The first kappa shape index (κ1) is 19.2. The van der Waals surface area contributed by atoms with E-state index in [1.54, 1.807) is 12.4 Å². The minimum absolute atomic E-state index is 0.00557. The Morgan fingerprint density at radius 1 is 1.33 bits per heavy atom. The quantitative estimate of drug-likeness (QED) is 0.806. The fourth-order valence-electron chi connectivity index (χ4n) is 3.45. The third kappa shape index (κ3) is 4.39. The van der Waals surface area contributed by atoms with Crippen LogP contribution in [-0.4, -0.2) is 23.5 Å². The molecular weight excluding hydrogens is 342 g/mol. The molecule has 1 aromatic carbocycles. The SMILES string of the molecule is CC(=O)Nc1cncc2c1C(C)Oc1cc(OC[C@H](N)CC(C)C)ccc1-2. The fraction of sp³-hybridized carbons (Fsp3) is 0.429. The van der Waals surface area contributed by atoms with Crippen LogP contribution in [0.4, 0.5) is 5.69 Å². The Balaban J connectivity index is 1.85. The highest BCUT2D eigenvalue weighted by atomic mass is 16.5. The molecule has 2 atom stereocenters. The topological polar surface area (TPSA) is 86.5 Å². The Morgan fingerprint density at radius 3 is 2.81 bits per heavy atom. The summed E-state index contributed by atoms with van der Waals surface area (Å²) in [7, 11) is 0. The maximum absolute atomic E-state index is 11.5. The van der Waals surface area contributed by atoms with Crippen molar-refractivity contribution in [3.05, 3.63) is 36.2 Å². The van der Waals surface area contributed by atoms with Crippen molar-refractivity contribution < 1.29 is 14.3 Å². The van der Waals surface area contributed by atoms with Crippen LogP contribution in [0.25, 0.3) is 11.1 Å². The summed E-state index contributed by atoms with van der Waals surface area (Å²) >= 11 is 0. The molecule has 0 fully saturated rings. The summed E-state index contributed by atoms with van der Waals surface area (Å²) in [5, 5.41) is 2.83. The van der Waals surface area contributed by atoms with Crippen molar-refractivity contribution >= 4 is 11.6 Å². The lowest BCUT2D eigenvalue weighted by atomic mass is 9.94. The monoisotopic (exact) mass is 369 g/mol. The van der Waals surface area contributed by atoms with Crippen LogP contribution in [0, 0.1) is 5.92 Å². The van der Waals surface area contributed by atoms with Gasteiger partial charge in [0.05, 0.1) is 11.9 Å². The highest BCUT2D eigenvalue weighted by Crippen LogP contribution is 2.45. The lowest BCUT2D eigenvalue weighted by Crippen LogP contribution is -2.29. The van der Waals surface area contributed by atoms with Crippen molar-refractivity contribution in [2.45, 2.75) is 46.3 Å². The van der Waals surface area contributed by atoms with Gasteiger partial charge < -0.3 is 20.5 Å². The number of pyridine rings is 1. The molecule has 3 rings (SSSR count). The predicted molar refractivity (Wildman–Crippen MR) is 106 cm³/mol. The van der Waals surface area contributed by atoms with Crippen molar-refractivity contribution in [1.29, 1.82) is 0 Å². The minimum Gasteiger partial charge on any atom is -0.492 e. The normalized spacial score (nSPS) is 16.1. The van der Waals surface area contributed by atoms with E-state index in [0.29, 0.717) is 18.2 Å². The van der Waals surface area contributed by atoms with Crippen molar-refractivity contribution in [2.75, 3.05) is 11.9 Å². The Bertz CT molecular complexity index is 835. The van der Waals surface area contributed by atoms with Crippen LogP contribution in [0.2, 0.25) is 0 Å². The van der Waals surface area contributed by atoms with Crippen LogP contribution in [-0.2, 0) is 4.79 Å². The standard InChI is InChI=1S/C21H27N3O3/c1-12(2)7-15(22)11-26-16-5-6-17-18-9-23-10-19(24-14(4)25)21(18)13(3)27-20(17)8-16/h5-6,8-10,12-13,15H,7,11,22H2,1-4H3,(H,24,25)/t13?,15-/m1/s1. The van der Waals surface area contributed by atoms with Crippen LogP contribution in [0.5, 0.6) is 11.5 Å². The molecule has 2 aromatic rings. The zero-order valence-electron chi connectivity index (χ0n) is 16.3. The number of nitrogens with one attached hydrogen (secondary N) is 1. The molecule has 1 unspecified atom stereocenters. The van der Waals surface area contributed by atoms with Crippen LogP contribution in [0.3, 0.4) is 0 Å². The molecule has 0 radical (unpaired) electrons. The average Bonchev–Trinajstić information content (AvgIpc) is 2.58. The molecule has 1 amide bonds. The number of hydrogen-bond donors (Lipinski definition) is 2. The van der Waals surface area contributed by atoms with E-state index in [4.69, 9.17) is 15.2 Å². The number of benzene rings is 1. The number of anilines is 1. The van der Waals surface area contributed by atoms with Gasteiger partial charge >= 0.3 is 0 Å². The molecule has 2 heterocycles. The predicted octanol–water partition coefficient (Wildman–Crippen LogP) is 3.91. The number of aromatic nitrogens is 1. The van der Waals surface area contributed by atoms with Crippen LogP contribution in [0.15, 0.2) is 30.6 Å². The first-order valence-corrected chi connectivity index (χ1v) is 9.30. The zero-order valence-corrected chi connectivity index (χ0v) is 16.3. The summed E-state index contributed by atoms with van der Waals surface area (Å²) in [4.78, 5) is 15.8. The van der Waals surface area contributed by atoms with Gasteiger partial charge in [-0.15, -0.1) is 0 Å². The maximum Gasteiger partial charge on any atom is 0.221 e. The molecule has 0 spiro atoms. The van der Waals surface area contributed by atoms with Gasteiger partial charge in [0.15, 0.2) is 0 Å². The highest BCUT2D eigenvalue weighted by Gasteiger charge is 2.27. The Hall–Kier alpha value is -2.60.